The van der Waals surface area contributed by atoms with Crippen molar-refractivity contribution in [1.29, 1.82) is 0 Å². The van der Waals surface area contributed by atoms with Crippen LogP contribution in [0.1, 0.15) is 66.2 Å². The number of nitrogens with zero attached hydrogens (tertiary/aromatic N) is 1. The first-order chi connectivity index (χ1) is 8.93. The zero-order valence-corrected chi connectivity index (χ0v) is 13.5. The summed E-state index contributed by atoms with van der Waals surface area (Å²) in [5.74, 6) is 1.67. The van der Waals surface area contributed by atoms with E-state index in [0.29, 0.717) is 5.41 Å². The summed E-state index contributed by atoms with van der Waals surface area (Å²) in [7, 11) is 0. The highest BCUT2D eigenvalue weighted by atomic mass is 15.2. The van der Waals surface area contributed by atoms with Gasteiger partial charge < -0.3 is 5.73 Å². The van der Waals surface area contributed by atoms with Crippen LogP contribution in [-0.2, 0) is 0 Å². The smallest absolute Gasteiger partial charge is 0.0357 e. The molecule has 0 aromatic rings. The van der Waals surface area contributed by atoms with Gasteiger partial charge in [-0.05, 0) is 55.9 Å². The number of hydrogen-bond acceptors (Lipinski definition) is 2. The molecule has 0 spiro atoms. The van der Waals surface area contributed by atoms with Crippen LogP contribution in [0.2, 0.25) is 0 Å². The largest absolute Gasteiger partial charge is 0.329 e. The average Bonchev–Trinajstić information content (AvgIpc) is 2.29. The molecule has 0 bridgehead atoms. The first-order valence-electron chi connectivity index (χ1n) is 8.38. The summed E-state index contributed by atoms with van der Waals surface area (Å²) < 4.78 is 0. The maximum absolute atomic E-state index is 6.29. The van der Waals surface area contributed by atoms with Crippen molar-refractivity contribution < 1.29 is 0 Å². The molecule has 112 valence electrons. The van der Waals surface area contributed by atoms with E-state index in [1.54, 1.807) is 0 Å². The summed E-state index contributed by atoms with van der Waals surface area (Å²) >= 11 is 0. The van der Waals surface area contributed by atoms with Gasteiger partial charge in [-0.15, -0.1) is 0 Å². The molecular weight excluding hydrogens is 232 g/mol. The maximum Gasteiger partial charge on any atom is 0.0357 e. The Labute approximate surface area is 120 Å². The Bertz CT molecular complexity index is 296. The van der Waals surface area contributed by atoms with Crippen LogP contribution >= 0.6 is 0 Å². The Kier molecular flexibility index (Phi) is 4.62. The lowest BCUT2D eigenvalue weighted by molar-refractivity contribution is -0.0332. The lowest BCUT2D eigenvalue weighted by Gasteiger charge is -2.55. The van der Waals surface area contributed by atoms with Gasteiger partial charge in [-0.3, -0.25) is 4.90 Å². The van der Waals surface area contributed by atoms with Gasteiger partial charge in [0.1, 0.15) is 0 Å². The molecule has 0 aromatic carbocycles. The second-order valence-electron chi connectivity index (χ2n) is 7.91. The zero-order chi connectivity index (χ0) is 14.1. The van der Waals surface area contributed by atoms with Crippen molar-refractivity contribution >= 4 is 0 Å². The second kappa shape index (κ2) is 5.73. The monoisotopic (exact) mass is 266 g/mol. The molecule has 0 aliphatic heterocycles. The molecule has 19 heavy (non-hydrogen) atoms. The molecule has 2 unspecified atom stereocenters. The molecule has 2 atom stereocenters. The summed E-state index contributed by atoms with van der Waals surface area (Å²) in [6.45, 7) is 12.9. The summed E-state index contributed by atoms with van der Waals surface area (Å²) in [5.41, 5.74) is 7.07. The molecule has 2 saturated carbocycles. The van der Waals surface area contributed by atoms with E-state index in [1.165, 1.54) is 51.6 Å². The van der Waals surface area contributed by atoms with Gasteiger partial charge in [-0.2, -0.15) is 0 Å². The molecule has 0 aromatic heterocycles. The normalized spacial score (nSPS) is 35.4. The lowest BCUT2D eigenvalue weighted by Crippen LogP contribution is -2.62. The quantitative estimate of drug-likeness (QED) is 0.823. The maximum atomic E-state index is 6.29. The van der Waals surface area contributed by atoms with Crippen LogP contribution in [0.5, 0.6) is 0 Å². The van der Waals surface area contributed by atoms with Gasteiger partial charge in [0.05, 0.1) is 0 Å². The van der Waals surface area contributed by atoms with E-state index in [4.69, 9.17) is 5.73 Å². The minimum atomic E-state index is 0.278. The number of hydrogen-bond donors (Lipinski definition) is 1. The zero-order valence-electron chi connectivity index (χ0n) is 13.5. The van der Waals surface area contributed by atoms with Crippen LogP contribution in [-0.4, -0.2) is 30.1 Å². The van der Waals surface area contributed by atoms with Crippen LogP contribution in [0.25, 0.3) is 0 Å². The molecule has 0 saturated heterocycles. The Morgan fingerprint density at radius 3 is 2.32 bits per heavy atom. The minimum absolute atomic E-state index is 0.278. The van der Waals surface area contributed by atoms with Gasteiger partial charge >= 0.3 is 0 Å². The Hall–Kier alpha value is -0.0800. The molecule has 0 amide bonds. The summed E-state index contributed by atoms with van der Waals surface area (Å²) in [4.78, 5) is 2.75. The molecule has 0 heterocycles. The highest BCUT2D eigenvalue weighted by Gasteiger charge is 2.46. The van der Waals surface area contributed by atoms with Crippen LogP contribution in [0.4, 0.5) is 0 Å². The molecule has 0 radical (unpaired) electrons. The standard InChI is InChI=1S/C17H34N2/c1-5-19(12-15-7-6-8-15)17(13-18)10-9-16(3,4)11-14(17)2/h14-15H,5-13,18H2,1-4H3. The predicted molar refractivity (Wildman–Crippen MR) is 83.2 cm³/mol. The fraction of sp³-hybridized carbons (Fsp3) is 1.00. The van der Waals surface area contributed by atoms with Crippen molar-refractivity contribution in [2.45, 2.75) is 71.8 Å². The van der Waals surface area contributed by atoms with Gasteiger partial charge in [0.15, 0.2) is 0 Å². The van der Waals surface area contributed by atoms with E-state index in [1.807, 2.05) is 0 Å². The SMILES string of the molecule is CCN(CC1CCC1)C1(CN)CCC(C)(C)CC1C. The molecule has 2 heteroatoms. The van der Waals surface area contributed by atoms with Crippen molar-refractivity contribution in [3.05, 3.63) is 0 Å². The molecule has 2 rings (SSSR count). The topological polar surface area (TPSA) is 29.3 Å². The Morgan fingerprint density at radius 1 is 1.21 bits per heavy atom. The Morgan fingerprint density at radius 2 is 1.89 bits per heavy atom. The van der Waals surface area contributed by atoms with Crippen molar-refractivity contribution in [2.75, 3.05) is 19.6 Å². The van der Waals surface area contributed by atoms with Crippen LogP contribution in [0.15, 0.2) is 0 Å². The van der Waals surface area contributed by atoms with Crippen molar-refractivity contribution in [3.8, 4) is 0 Å². The van der Waals surface area contributed by atoms with E-state index in [9.17, 15) is 0 Å². The molecular formula is C17H34N2. The van der Waals surface area contributed by atoms with Crippen LogP contribution < -0.4 is 5.73 Å². The van der Waals surface area contributed by atoms with Crippen LogP contribution in [0, 0.1) is 17.3 Å². The first-order valence-corrected chi connectivity index (χ1v) is 8.38. The fourth-order valence-corrected chi connectivity index (χ4v) is 4.44. The van der Waals surface area contributed by atoms with E-state index in [2.05, 4.69) is 32.6 Å². The van der Waals surface area contributed by atoms with Gasteiger partial charge in [-0.1, -0.05) is 34.1 Å². The van der Waals surface area contributed by atoms with E-state index < -0.39 is 0 Å². The first kappa shape index (κ1) is 15.3. The molecule has 2 fully saturated rings. The van der Waals surface area contributed by atoms with Crippen molar-refractivity contribution in [1.82, 2.24) is 4.90 Å². The van der Waals surface area contributed by atoms with Gasteiger partial charge in [0, 0.05) is 18.6 Å². The number of rotatable bonds is 5. The number of nitrogens with two attached hydrogens (primary N) is 1. The third-order valence-electron chi connectivity index (χ3n) is 6.08. The highest BCUT2D eigenvalue weighted by Crippen LogP contribution is 2.46. The fourth-order valence-electron chi connectivity index (χ4n) is 4.44. The molecule has 2 N–H and O–H groups in total. The average molecular weight is 266 g/mol. The van der Waals surface area contributed by atoms with E-state index in [-0.39, 0.29) is 5.54 Å². The van der Waals surface area contributed by atoms with Gasteiger partial charge in [0.2, 0.25) is 0 Å². The predicted octanol–water partition coefficient (Wildman–Crippen LogP) is 3.65. The van der Waals surface area contributed by atoms with Gasteiger partial charge in [-0.25, -0.2) is 0 Å². The molecule has 2 aliphatic carbocycles. The van der Waals surface area contributed by atoms with E-state index in [0.717, 1.165) is 18.4 Å². The number of likely N-dealkylation sites (N-methyl/N-ethyl adjacent to an activating group) is 1. The second-order valence-corrected chi connectivity index (χ2v) is 7.91. The molecule has 2 nitrogen and oxygen atoms in total. The lowest BCUT2D eigenvalue weighted by atomic mass is 9.63. The summed E-state index contributed by atoms with van der Waals surface area (Å²) in [5, 5.41) is 0. The third-order valence-corrected chi connectivity index (χ3v) is 6.08. The highest BCUT2D eigenvalue weighted by molar-refractivity contribution is 5.02. The van der Waals surface area contributed by atoms with Crippen LogP contribution in [0.3, 0.4) is 0 Å². The summed E-state index contributed by atoms with van der Waals surface area (Å²) in [6.07, 6.45) is 8.27. The molecule has 2 aliphatic rings. The third kappa shape index (κ3) is 3.00. The van der Waals surface area contributed by atoms with Gasteiger partial charge in [0.25, 0.3) is 0 Å². The van der Waals surface area contributed by atoms with E-state index >= 15 is 0 Å². The van der Waals surface area contributed by atoms with Crippen molar-refractivity contribution in [3.63, 3.8) is 0 Å². The minimum Gasteiger partial charge on any atom is -0.329 e. The Balaban J connectivity index is 2.10. The van der Waals surface area contributed by atoms with Crippen molar-refractivity contribution in [2.24, 2.45) is 23.0 Å². The summed E-state index contributed by atoms with van der Waals surface area (Å²) in [6, 6.07) is 0.